The fraction of sp³-hybridized carbons (Fsp3) is 0.381. The number of likely N-dealkylation sites (N-methyl/N-ethyl adjacent to an activating group) is 1. The number of aromatic nitrogens is 3. The van der Waals surface area contributed by atoms with Gasteiger partial charge in [-0.15, -0.1) is 0 Å². The number of hydrogen-bond donors (Lipinski definition) is 1. The number of benzene rings is 1. The highest BCUT2D eigenvalue weighted by Crippen LogP contribution is 2.31. The predicted molar refractivity (Wildman–Crippen MR) is 111 cm³/mol. The van der Waals surface area contributed by atoms with Crippen LogP contribution in [0.5, 0.6) is 0 Å². The molecule has 0 aliphatic carbocycles. The lowest BCUT2D eigenvalue weighted by Crippen LogP contribution is -2.49. The normalized spacial score (nSPS) is 15.2. The van der Waals surface area contributed by atoms with Crippen LogP contribution in [0.1, 0.15) is 5.69 Å². The van der Waals surface area contributed by atoms with Gasteiger partial charge in [0, 0.05) is 68.8 Å². The van der Waals surface area contributed by atoms with Gasteiger partial charge in [0.05, 0.1) is 18.3 Å². The highest BCUT2D eigenvalue weighted by Gasteiger charge is 2.21. The zero-order valence-electron chi connectivity index (χ0n) is 16.6. The molecule has 1 aromatic carbocycles. The quantitative estimate of drug-likeness (QED) is 0.753. The van der Waals surface area contributed by atoms with Crippen LogP contribution in [0.2, 0.25) is 0 Å². The Morgan fingerprint density at radius 1 is 1.18 bits per heavy atom. The molecule has 0 spiro atoms. The second-order valence-corrected chi connectivity index (χ2v) is 7.52. The van der Waals surface area contributed by atoms with Crippen molar-refractivity contribution in [2.45, 2.75) is 6.92 Å². The molecule has 1 aliphatic rings. The number of fused-ring (bicyclic) bond motifs is 1. The minimum atomic E-state index is 0.155. The van der Waals surface area contributed by atoms with Crippen LogP contribution in [0.15, 0.2) is 36.7 Å². The number of pyridine rings is 1. The van der Waals surface area contributed by atoms with Crippen molar-refractivity contribution in [3.8, 4) is 11.1 Å². The molecule has 28 heavy (non-hydrogen) atoms. The smallest absolute Gasteiger partial charge is 0.236 e. The summed E-state index contributed by atoms with van der Waals surface area (Å²) in [6, 6.07) is 8.47. The maximum Gasteiger partial charge on any atom is 0.236 e. The van der Waals surface area contributed by atoms with Crippen molar-refractivity contribution in [3.05, 3.63) is 42.4 Å². The second kappa shape index (κ2) is 7.59. The Morgan fingerprint density at radius 3 is 2.64 bits per heavy atom. The van der Waals surface area contributed by atoms with E-state index in [0.717, 1.165) is 53.9 Å². The number of carbonyl (C=O) groups excluding carboxylic acids is 1. The van der Waals surface area contributed by atoms with Crippen molar-refractivity contribution in [1.82, 2.24) is 25.0 Å². The fourth-order valence-electron chi connectivity index (χ4n) is 3.70. The van der Waals surface area contributed by atoms with E-state index in [9.17, 15) is 4.79 Å². The zero-order valence-corrected chi connectivity index (χ0v) is 16.6. The molecule has 1 N–H and O–H groups in total. The first kappa shape index (κ1) is 18.4. The lowest BCUT2D eigenvalue weighted by molar-refractivity contribution is -0.129. The van der Waals surface area contributed by atoms with Gasteiger partial charge in [0.2, 0.25) is 5.91 Å². The van der Waals surface area contributed by atoms with E-state index in [1.807, 2.05) is 19.3 Å². The largest absolute Gasteiger partial charge is 0.368 e. The van der Waals surface area contributed by atoms with Crippen molar-refractivity contribution >= 4 is 22.5 Å². The number of anilines is 1. The molecule has 1 aliphatic heterocycles. The first-order valence-electron chi connectivity index (χ1n) is 9.59. The molecule has 3 heterocycles. The highest BCUT2D eigenvalue weighted by atomic mass is 16.2. The first-order chi connectivity index (χ1) is 13.5. The Hall–Kier alpha value is -2.93. The van der Waals surface area contributed by atoms with Crippen molar-refractivity contribution in [2.75, 3.05) is 51.7 Å². The Kier molecular flexibility index (Phi) is 5.00. The van der Waals surface area contributed by atoms with Crippen LogP contribution in [0.25, 0.3) is 22.0 Å². The van der Waals surface area contributed by atoms with Crippen molar-refractivity contribution in [3.63, 3.8) is 0 Å². The lowest BCUT2D eigenvalue weighted by atomic mass is 10.0. The van der Waals surface area contributed by atoms with Crippen molar-refractivity contribution in [1.29, 1.82) is 0 Å². The standard InChI is InChI=1S/C21H26N6O/c1-15-18(13-23-24-15)16-4-5-19-17(12-16)20(6-7-22-19)27-10-8-26(9-11-27)14-21(28)25(2)3/h4-7,12-13H,8-11,14H2,1-3H3,(H,23,24). The van der Waals surface area contributed by atoms with Gasteiger partial charge < -0.3 is 9.80 Å². The van der Waals surface area contributed by atoms with Gasteiger partial charge in [0.1, 0.15) is 0 Å². The number of piperazine rings is 1. The summed E-state index contributed by atoms with van der Waals surface area (Å²) < 4.78 is 0. The molecule has 1 fully saturated rings. The molecule has 0 saturated carbocycles. The average molecular weight is 378 g/mol. The van der Waals surface area contributed by atoms with Crippen LogP contribution in [-0.2, 0) is 4.79 Å². The van der Waals surface area contributed by atoms with Crippen LogP contribution in [-0.4, -0.2) is 77.7 Å². The third kappa shape index (κ3) is 3.57. The summed E-state index contributed by atoms with van der Waals surface area (Å²) >= 11 is 0. The van der Waals surface area contributed by atoms with Crippen LogP contribution < -0.4 is 4.90 Å². The van der Waals surface area contributed by atoms with Crippen LogP contribution in [0.3, 0.4) is 0 Å². The van der Waals surface area contributed by atoms with Gasteiger partial charge in [0.15, 0.2) is 0 Å². The van der Waals surface area contributed by atoms with Crippen LogP contribution in [0.4, 0.5) is 5.69 Å². The Labute approximate surface area is 165 Å². The number of aryl methyl sites for hydroxylation is 1. The molecule has 1 saturated heterocycles. The SMILES string of the molecule is Cc1[nH]ncc1-c1ccc2nccc(N3CCN(CC(=O)N(C)C)CC3)c2c1. The summed E-state index contributed by atoms with van der Waals surface area (Å²) in [5.41, 5.74) is 5.51. The number of amides is 1. The monoisotopic (exact) mass is 378 g/mol. The van der Waals surface area contributed by atoms with E-state index >= 15 is 0 Å². The molecule has 146 valence electrons. The van der Waals surface area contributed by atoms with Crippen molar-refractivity contribution < 1.29 is 4.79 Å². The molecule has 7 heteroatoms. The molecule has 0 radical (unpaired) electrons. The molecular weight excluding hydrogens is 352 g/mol. The number of carbonyl (C=O) groups is 1. The minimum Gasteiger partial charge on any atom is -0.368 e. The molecular formula is C21H26N6O. The van der Waals surface area contributed by atoms with Crippen LogP contribution in [0, 0.1) is 6.92 Å². The van der Waals surface area contributed by atoms with Gasteiger partial charge in [-0.05, 0) is 30.7 Å². The number of aromatic amines is 1. The van der Waals surface area contributed by atoms with Gasteiger partial charge in [-0.3, -0.25) is 19.8 Å². The maximum atomic E-state index is 12.0. The first-order valence-corrected chi connectivity index (χ1v) is 9.59. The molecule has 4 rings (SSSR count). The topological polar surface area (TPSA) is 68.4 Å². The predicted octanol–water partition coefficient (Wildman–Crippen LogP) is 2.14. The molecule has 2 aromatic heterocycles. The zero-order chi connectivity index (χ0) is 19.7. The van der Waals surface area contributed by atoms with E-state index in [1.54, 1.807) is 19.0 Å². The summed E-state index contributed by atoms with van der Waals surface area (Å²) in [5.74, 6) is 0.155. The second-order valence-electron chi connectivity index (χ2n) is 7.52. The van der Waals surface area contributed by atoms with E-state index < -0.39 is 0 Å². The van der Waals surface area contributed by atoms with Gasteiger partial charge in [-0.2, -0.15) is 5.10 Å². The Balaban J connectivity index is 1.57. The third-order valence-corrected chi connectivity index (χ3v) is 5.43. The highest BCUT2D eigenvalue weighted by molar-refractivity contribution is 5.95. The molecule has 3 aromatic rings. The van der Waals surface area contributed by atoms with E-state index in [-0.39, 0.29) is 5.91 Å². The lowest BCUT2D eigenvalue weighted by Gasteiger charge is -2.36. The van der Waals surface area contributed by atoms with E-state index in [4.69, 9.17) is 0 Å². The molecule has 1 amide bonds. The summed E-state index contributed by atoms with van der Waals surface area (Å²) in [6.45, 7) is 6.07. The summed E-state index contributed by atoms with van der Waals surface area (Å²) in [6.07, 6.45) is 3.75. The Morgan fingerprint density at radius 2 is 1.96 bits per heavy atom. The number of hydrogen-bond acceptors (Lipinski definition) is 5. The van der Waals surface area contributed by atoms with Crippen LogP contribution >= 0.6 is 0 Å². The average Bonchev–Trinajstić information content (AvgIpc) is 3.13. The molecule has 0 bridgehead atoms. The summed E-state index contributed by atoms with van der Waals surface area (Å²) in [4.78, 5) is 22.8. The number of H-pyrrole nitrogens is 1. The van der Waals surface area contributed by atoms with E-state index in [0.29, 0.717) is 6.54 Å². The van der Waals surface area contributed by atoms with E-state index in [1.165, 1.54) is 5.69 Å². The number of nitrogens with zero attached hydrogens (tertiary/aromatic N) is 5. The number of nitrogens with one attached hydrogen (secondary N) is 1. The van der Waals surface area contributed by atoms with E-state index in [2.05, 4.69) is 49.2 Å². The van der Waals surface area contributed by atoms with Gasteiger partial charge >= 0.3 is 0 Å². The molecule has 0 unspecified atom stereocenters. The summed E-state index contributed by atoms with van der Waals surface area (Å²) in [7, 11) is 3.61. The maximum absolute atomic E-state index is 12.0. The van der Waals surface area contributed by atoms with Gasteiger partial charge in [0.25, 0.3) is 0 Å². The number of rotatable bonds is 4. The third-order valence-electron chi connectivity index (χ3n) is 5.43. The molecule has 0 atom stereocenters. The Bertz CT molecular complexity index is 987. The van der Waals surface area contributed by atoms with Gasteiger partial charge in [-0.1, -0.05) is 6.07 Å². The fourth-order valence-corrected chi connectivity index (χ4v) is 3.70. The molecule has 7 nitrogen and oxygen atoms in total. The van der Waals surface area contributed by atoms with Crippen molar-refractivity contribution in [2.24, 2.45) is 0 Å². The van der Waals surface area contributed by atoms with Gasteiger partial charge in [-0.25, -0.2) is 0 Å². The minimum absolute atomic E-state index is 0.155. The summed E-state index contributed by atoms with van der Waals surface area (Å²) in [5, 5.41) is 8.31.